The van der Waals surface area contributed by atoms with Crippen molar-refractivity contribution in [3.8, 4) is 11.1 Å². The molecule has 2 rings (SSSR count). The SMILES string of the molecule is COC(=O)c1ccc(F)c(-c2ccccc2F)c1. The summed E-state index contributed by atoms with van der Waals surface area (Å²) in [5.41, 5.74) is 0.328. The van der Waals surface area contributed by atoms with Crippen molar-refractivity contribution >= 4 is 5.97 Å². The van der Waals surface area contributed by atoms with E-state index in [1.807, 2.05) is 0 Å². The minimum atomic E-state index is -0.590. The highest BCUT2D eigenvalue weighted by atomic mass is 19.1. The van der Waals surface area contributed by atoms with Crippen LogP contribution in [0.5, 0.6) is 0 Å². The van der Waals surface area contributed by atoms with E-state index in [1.165, 1.54) is 37.4 Å². The molecule has 0 unspecified atom stereocenters. The maximum atomic E-state index is 13.7. The van der Waals surface area contributed by atoms with Crippen molar-refractivity contribution in [3.63, 3.8) is 0 Å². The van der Waals surface area contributed by atoms with E-state index in [0.29, 0.717) is 0 Å². The first-order valence-corrected chi connectivity index (χ1v) is 5.26. The molecule has 0 amide bonds. The molecule has 0 heterocycles. The molecule has 0 atom stereocenters. The number of methoxy groups -OCH3 is 1. The third kappa shape index (κ3) is 2.22. The summed E-state index contributed by atoms with van der Waals surface area (Å²) in [6.07, 6.45) is 0. The summed E-state index contributed by atoms with van der Waals surface area (Å²) in [5.74, 6) is -1.72. The number of hydrogen-bond donors (Lipinski definition) is 0. The lowest BCUT2D eigenvalue weighted by molar-refractivity contribution is 0.0600. The average molecular weight is 248 g/mol. The lowest BCUT2D eigenvalue weighted by Gasteiger charge is -2.07. The number of halogens is 2. The number of carbonyl (C=O) groups is 1. The molecule has 0 aliphatic carbocycles. The minimum Gasteiger partial charge on any atom is -0.465 e. The molecule has 4 heteroatoms. The smallest absolute Gasteiger partial charge is 0.337 e. The molecule has 0 saturated heterocycles. The van der Waals surface area contributed by atoms with Gasteiger partial charge in [0.15, 0.2) is 0 Å². The molecule has 0 saturated carbocycles. The fourth-order valence-corrected chi connectivity index (χ4v) is 1.66. The molecule has 0 aliphatic heterocycles. The topological polar surface area (TPSA) is 26.3 Å². The third-order valence-electron chi connectivity index (χ3n) is 2.55. The van der Waals surface area contributed by atoms with Crippen LogP contribution in [0.2, 0.25) is 0 Å². The number of benzene rings is 2. The molecule has 18 heavy (non-hydrogen) atoms. The minimum absolute atomic E-state index is 0.0380. The van der Waals surface area contributed by atoms with Crippen LogP contribution in [0.1, 0.15) is 10.4 Å². The second kappa shape index (κ2) is 4.96. The lowest BCUT2D eigenvalue weighted by atomic mass is 10.0. The van der Waals surface area contributed by atoms with Crippen LogP contribution >= 0.6 is 0 Å². The Labute approximate surface area is 103 Å². The van der Waals surface area contributed by atoms with Gasteiger partial charge in [-0.1, -0.05) is 18.2 Å². The van der Waals surface area contributed by atoms with Gasteiger partial charge in [0.05, 0.1) is 12.7 Å². The van der Waals surface area contributed by atoms with E-state index in [1.54, 1.807) is 6.07 Å². The first-order chi connectivity index (χ1) is 8.63. The highest BCUT2D eigenvalue weighted by molar-refractivity contribution is 5.91. The number of hydrogen-bond acceptors (Lipinski definition) is 2. The Hall–Kier alpha value is -2.23. The van der Waals surface area contributed by atoms with Crippen molar-refractivity contribution < 1.29 is 18.3 Å². The predicted molar refractivity (Wildman–Crippen MR) is 63.1 cm³/mol. The summed E-state index contributed by atoms with van der Waals surface area (Å²) in [5, 5.41) is 0. The van der Waals surface area contributed by atoms with Crippen molar-refractivity contribution in [3.05, 3.63) is 59.7 Å². The van der Waals surface area contributed by atoms with Crippen molar-refractivity contribution in [2.75, 3.05) is 7.11 Å². The molecule has 0 aromatic heterocycles. The lowest BCUT2D eigenvalue weighted by Crippen LogP contribution is -2.02. The quantitative estimate of drug-likeness (QED) is 0.761. The molecule has 0 bridgehead atoms. The molecule has 0 aliphatic rings. The van der Waals surface area contributed by atoms with Gasteiger partial charge in [-0.3, -0.25) is 0 Å². The molecular weight excluding hydrogens is 238 g/mol. The Morgan fingerprint density at radius 2 is 1.67 bits per heavy atom. The molecule has 0 spiro atoms. The largest absolute Gasteiger partial charge is 0.465 e. The number of esters is 1. The van der Waals surface area contributed by atoms with Crippen LogP contribution in [-0.2, 0) is 4.74 Å². The van der Waals surface area contributed by atoms with E-state index >= 15 is 0 Å². The van der Waals surface area contributed by atoms with Crippen LogP contribution < -0.4 is 0 Å². The van der Waals surface area contributed by atoms with E-state index < -0.39 is 17.6 Å². The summed E-state index contributed by atoms with van der Waals surface area (Å²) in [6.45, 7) is 0. The van der Waals surface area contributed by atoms with E-state index in [2.05, 4.69) is 4.74 Å². The highest BCUT2D eigenvalue weighted by Gasteiger charge is 2.13. The van der Waals surface area contributed by atoms with Crippen molar-refractivity contribution in [1.82, 2.24) is 0 Å². The van der Waals surface area contributed by atoms with E-state index in [9.17, 15) is 13.6 Å². The van der Waals surface area contributed by atoms with Gasteiger partial charge in [-0.05, 0) is 24.3 Å². The molecule has 2 aromatic rings. The van der Waals surface area contributed by atoms with Crippen LogP contribution in [-0.4, -0.2) is 13.1 Å². The standard InChI is InChI=1S/C14H10F2O2/c1-18-14(17)9-6-7-13(16)11(8-9)10-4-2-3-5-12(10)15/h2-8H,1H3. The van der Waals surface area contributed by atoms with E-state index in [0.717, 1.165) is 6.07 Å². The molecule has 2 nitrogen and oxygen atoms in total. The van der Waals surface area contributed by atoms with Gasteiger partial charge in [0.1, 0.15) is 11.6 Å². The summed E-state index contributed by atoms with van der Waals surface area (Å²) in [4.78, 5) is 11.4. The molecule has 2 aromatic carbocycles. The van der Waals surface area contributed by atoms with Gasteiger partial charge in [0.25, 0.3) is 0 Å². The Morgan fingerprint density at radius 1 is 1.00 bits per heavy atom. The Morgan fingerprint density at radius 3 is 2.33 bits per heavy atom. The van der Waals surface area contributed by atoms with Crippen LogP contribution in [0.15, 0.2) is 42.5 Å². The Balaban J connectivity index is 2.57. The number of rotatable bonds is 2. The zero-order valence-corrected chi connectivity index (χ0v) is 9.61. The van der Waals surface area contributed by atoms with Gasteiger partial charge >= 0.3 is 5.97 Å². The summed E-state index contributed by atoms with van der Waals surface area (Å²) in [6, 6.07) is 9.50. The van der Waals surface area contributed by atoms with Gasteiger partial charge in [-0.25, -0.2) is 13.6 Å². The first-order valence-electron chi connectivity index (χ1n) is 5.26. The van der Waals surface area contributed by atoms with Gasteiger partial charge in [-0.15, -0.1) is 0 Å². The fourth-order valence-electron chi connectivity index (χ4n) is 1.66. The van der Waals surface area contributed by atoms with E-state index in [4.69, 9.17) is 0 Å². The zero-order valence-electron chi connectivity index (χ0n) is 9.61. The van der Waals surface area contributed by atoms with Crippen molar-refractivity contribution in [2.24, 2.45) is 0 Å². The predicted octanol–water partition coefficient (Wildman–Crippen LogP) is 3.42. The van der Waals surface area contributed by atoms with Crippen molar-refractivity contribution in [1.29, 1.82) is 0 Å². The highest BCUT2D eigenvalue weighted by Crippen LogP contribution is 2.26. The van der Waals surface area contributed by atoms with E-state index in [-0.39, 0.29) is 16.7 Å². The maximum Gasteiger partial charge on any atom is 0.337 e. The molecule has 0 N–H and O–H groups in total. The van der Waals surface area contributed by atoms with Gasteiger partial charge in [0, 0.05) is 11.1 Å². The molecule has 0 fully saturated rings. The van der Waals surface area contributed by atoms with Crippen LogP contribution in [0.3, 0.4) is 0 Å². The molecule has 0 radical (unpaired) electrons. The van der Waals surface area contributed by atoms with Crippen LogP contribution in [0.25, 0.3) is 11.1 Å². The summed E-state index contributed by atoms with van der Waals surface area (Å²) in [7, 11) is 1.23. The molecular formula is C14H10F2O2. The third-order valence-corrected chi connectivity index (χ3v) is 2.55. The van der Waals surface area contributed by atoms with Crippen molar-refractivity contribution in [2.45, 2.75) is 0 Å². The normalized spacial score (nSPS) is 10.2. The fraction of sp³-hybridized carbons (Fsp3) is 0.0714. The summed E-state index contributed by atoms with van der Waals surface area (Å²) >= 11 is 0. The zero-order chi connectivity index (χ0) is 13.1. The second-order valence-corrected chi connectivity index (χ2v) is 3.67. The van der Waals surface area contributed by atoms with Gasteiger partial charge in [0.2, 0.25) is 0 Å². The molecule has 92 valence electrons. The first kappa shape index (κ1) is 12.2. The second-order valence-electron chi connectivity index (χ2n) is 3.67. The average Bonchev–Trinajstić information content (AvgIpc) is 2.39. The monoisotopic (exact) mass is 248 g/mol. The Bertz CT molecular complexity index is 594. The summed E-state index contributed by atoms with van der Waals surface area (Å²) < 4.78 is 31.8. The number of ether oxygens (including phenoxy) is 1. The Kier molecular flexibility index (Phi) is 3.37. The van der Waals surface area contributed by atoms with Crippen LogP contribution in [0, 0.1) is 11.6 Å². The van der Waals surface area contributed by atoms with Gasteiger partial charge < -0.3 is 4.74 Å². The number of carbonyl (C=O) groups excluding carboxylic acids is 1. The van der Waals surface area contributed by atoms with Gasteiger partial charge in [-0.2, -0.15) is 0 Å². The van der Waals surface area contributed by atoms with Crippen LogP contribution in [0.4, 0.5) is 8.78 Å². The maximum absolute atomic E-state index is 13.7.